The van der Waals surface area contributed by atoms with Crippen molar-refractivity contribution in [3.63, 3.8) is 0 Å². The second kappa shape index (κ2) is 14.2. The van der Waals surface area contributed by atoms with Gasteiger partial charge in [-0.2, -0.15) is 5.26 Å². The third kappa shape index (κ3) is 7.67. The Morgan fingerprint density at radius 3 is 2.56 bits per heavy atom. The molecule has 0 fully saturated rings. The maximum absolute atomic E-state index is 13.3. The van der Waals surface area contributed by atoms with Gasteiger partial charge >= 0.3 is 0 Å². The average molecular weight is 625 g/mol. The van der Waals surface area contributed by atoms with Gasteiger partial charge in [0.1, 0.15) is 17.5 Å². The molecule has 3 heterocycles. The Bertz CT molecular complexity index is 1860. The lowest BCUT2D eigenvalue weighted by Gasteiger charge is -2.20. The number of pyridine rings is 1. The van der Waals surface area contributed by atoms with E-state index in [4.69, 9.17) is 10.5 Å². The number of carbonyl (C=O) groups excluding carboxylic acids is 3. The zero-order valence-electron chi connectivity index (χ0n) is 23.9. The number of nitrogens with one attached hydrogen (secondary N) is 2. The van der Waals surface area contributed by atoms with Gasteiger partial charge in [0.2, 0.25) is 0 Å². The second-order valence-electron chi connectivity index (χ2n) is 10.2. The number of carbonyl (C=O) groups is 3. The molecule has 0 aliphatic rings. The number of nitriles is 1. The maximum Gasteiger partial charge on any atom is 0.272 e. The molecule has 230 valence electrons. The van der Waals surface area contributed by atoms with Crippen LogP contribution >= 0.6 is 11.5 Å². The molecular weight excluding hydrogens is 592 g/mol. The molecule has 0 saturated carbocycles. The van der Waals surface area contributed by atoms with Crippen LogP contribution in [0.25, 0.3) is 16.9 Å². The van der Waals surface area contributed by atoms with Gasteiger partial charge in [-0.3, -0.25) is 14.4 Å². The van der Waals surface area contributed by atoms with E-state index in [1.165, 1.54) is 11.4 Å². The quantitative estimate of drug-likeness (QED) is 0.197. The minimum Gasteiger partial charge on any atom is -0.490 e. The number of amides is 3. The summed E-state index contributed by atoms with van der Waals surface area (Å²) in [7, 11) is 0. The van der Waals surface area contributed by atoms with Crippen molar-refractivity contribution in [3.8, 4) is 23.1 Å². The van der Waals surface area contributed by atoms with Gasteiger partial charge in [0.15, 0.2) is 5.69 Å². The number of nitrogens with zero attached hydrogens (tertiary/aromatic N) is 5. The number of benzene rings is 2. The maximum atomic E-state index is 13.3. The predicted molar refractivity (Wildman–Crippen MR) is 170 cm³/mol. The standard InChI is InChI=1S/C31H28N8O4S.CH4/c1-18(2)43-27-10-9-21(13-22(27)14-32)30(41)35-23(15-34-31(42)26-17-44-38-37-26)12-19-5-7-20(8-6-19)25-16-39-11-3-4-24(28(33)40)29(39)36-25;/h3-11,13,16-18,23H,12,15H2,1-2H3,(H2,33,40)(H,34,42)(H,35,41);1H4/t23-;/m0./s1. The van der Waals surface area contributed by atoms with Crippen LogP contribution in [0.4, 0.5) is 0 Å². The van der Waals surface area contributed by atoms with Crippen molar-refractivity contribution in [2.45, 2.75) is 39.8 Å². The molecule has 4 N–H and O–H groups in total. The summed E-state index contributed by atoms with van der Waals surface area (Å²) >= 11 is 1.07. The summed E-state index contributed by atoms with van der Waals surface area (Å²) in [6.07, 6.45) is 3.86. The molecule has 0 aliphatic heterocycles. The first-order valence-corrected chi connectivity index (χ1v) is 14.5. The van der Waals surface area contributed by atoms with Gasteiger partial charge in [0.05, 0.1) is 29.0 Å². The van der Waals surface area contributed by atoms with Crippen LogP contribution in [0.3, 0.4) is 0 Å². The number of imidazole rings is 1. The van der Waals surface area contributed by atoms with Crippen molar-refractivity contribution in [2.75, 3.05) is 6.54 Å². The first-order chi connectivity index (χ1) is 21.2. The molecule has 2 aromatic carbocycles. The predicted octanol–water partition coefficient (Wildman–Crippen LogP) is 4.02. The molecule has 0 radical (unpaired) electrons. The van der Waals surface area contributed by atoms with Crippen molar-refractivity contribution in [3.05, 3.63) is 100 Å². The van der Waals surface area contributed by atoms with Crippen LogP contribution in [0.2, 0.25) is 0 Å². The molecule has 13 heteroatoms. The number of rotatable bonds is 11. The van der Waals surface area contributed by atoms with Gasteiger partial charge in [-0.05, 0) is 67.7 Å². The first kappa shape index (κ1) is 32.3. The average Bonchev–Trinajstić information content (AvgIpc) is 3.71. The Morgan fingerprint density at radius 1 is 1.11 bits per heavy atom. The summed E-state index contributed by atoms with van der Waals surface area (Å²) in [6, 6.07) is 17.2. The molecule has 12 nitrogen and oxygen atoms in total. The Hall–Kier alpha value is -5.61. The lowest BCUT2D eigenvalue weighted by Crippen LogP contribution is -2.45. The Morgan fingerprint density at radius 2 is 1.89 bits per heavy atom. The summed E-state index contributed by atoms with van der Waals surface area (Å²) in [6.45, 7) is 3.82. The third-order valence-corrected chi connectivity index (χ3v) is 7.15. The van der Waals surface area contributed by atoms with Crippen molar-refractivity contribution in [1.29, 1.82) is 5.26 Å². The van der Waals surface area contributed by atoms with E-state index in [1.54, 1.807) is 34.9 Å². The highest BCUT2D eigenvalue weighted by Crippen LogP contribution is 2.23. The fourth-order valence-electron chi connectivity index (χ4n) is 4.57. The van der Waals surface area contributed by atoms with E-state index in [-0.39, 0.29) is 36.9 Å². The minimum atomic E-state index is -0.557. The van der Waals surface area contributed by atoms with Crippen LogP contribution in [0.1, 0.15) is 63.6 Å². The van der Waals surface area contributed by atoms with E-state index in [0.717, 1.165) is 22.7 Å². The molecule has 0 unspecified atom stereocenters. The molecule has 0 spiro atoms. The number of ether oxygens (including phenoxy) is 1. The summed E-state index contributed by atoms with van der Waals surface area (Å²) in [5.74, 6) is -0.967. The van der Waals surface area contributed by atoms with E-state index >= 15 is 0 Å². The minimum absolute atomic E-state index is 0. The van der Waals surface area contributed by atoms with Gasteiger partial charge in [0, 0.05) is 35.4 Å². The normalized spacial score (nSPS) is 11.3. The smallest absolute Gasteiger partial charge is 0.272 e. The van der Waals surface area contributed by atoms with E-state index in [2.05, 4.69) is 31.3 Å². The molecule has 3 amide bonds. The molecule has 1 atom stereocenters. The molecule has 45 heavy (non-hydrogen) atoms. The van der Waals surface area contributed by atoms with Crippen LogP contribution < -0.4 is 21.1 Å². The van der Waals surface area contributed by atoms with E-state index < -0.39 is 23.8 Å². The van der Waals surface area contributed by atoms with Crippen LogP contribution in [-0.4, -0.2) is 55.4 Å². The van der Waals surface area contributed by atoms with E-state index in [0.29, 0.717) is 29.1 Å². The molecular formula is C32H32N8O4S. The van der Waals surface area contributed by atoms with Gasteiger partial charge in [0.25, 0.3) is 17.7 Å². The fourth-order valence-corrected chi connectivity index (χ4v) is 5.01. The number of fused-ring (bicyclic) bond motifs is 1. The zero-order chi connectivity index (χ0) is 31.2. The molecule has 5 aromatic rings. The molecule has 0 saturated heterocycles. The van der Waals surface area contributed by atoms with Crippen molar-refractivity contribution in [2.24, 2.45) is 5.73 Å². The molecule has 3 aromatic heterocycles. The summed E-state index contributed by atoms with van der Waals surface area (Å²) in [5.41, 5.74) is 9.40. The first-order valence-electron chi connectivity index (χ1n) is 13.7. The highest BCUT2D eigenvalue weighted by atomic mass is 32.1. The van der Waals surface area contributed by atoms with Crippen molar-refractivity contribution < 1.29 is 19.1 Å². The lowest BCUT2D eigenvalue weighted by atomic mass is 10.0. The van der Waals surface area contributed by atoms with Gasteiger partial charge in [-0.15, -0.1) is 5.10 Å². The number of primary amides is 1. The van der Waals surface area contributed by atoms with Crippen molar-refractivity contribution in [1.82, 2.24) is 29.6 Å². The van der Waals surface area contributed by atoms with Crippen LogP contribution in [-0.2, 0) is 6.42 Å². The lowest BCUT2D eigenvalue weighted by molar-refractivity contribution is 0.0906. The Balaban J connectivity index is 0.00000461. The second-order valence-corrected chi connectivity index (χ2v) is 10.8. The molecule has 5 rings (SSSR count). The summed E-state index contributed by atoms with van der Waals surface area (Å²) in [5, 5.41) is 20.7. The van der Waals surface area contributed by atoms with Gasteiger partial charge in [-0.1, -0.05) is 36.2 Å². The SMILES string of the molecule is C.CC(C)Oc1ccc(C(=O)N[C@H](CNC(=O)c2csnn2)Cc2ccc(-c3cn4cccc(C(N)=O)c4n3)cc2)cc1C#N. The number of aromatic nitrogens is 4. The summed E-state index contributed by atoms with van der Waals surface area (Å²) in [4.78, 5) is 42.2. The third-order valence-electron chi connectivity index (χ3n) is 6.64. The molecule has 0 aliphatic carbocycles. The number of hydrogen-bond donors (Lipinski definition) is 3. The zero-order valence-corrected chi connectivity index (χ0v) is 24.7. The fraction of sp³-hybridized carbons (Fsp3) is 0.219. The number of nitrogens with two attached hydrogens (primary N) is 1. The largest absolute Gasteiger partial charge is 0.490 e. The van der Waals surface area contributed by atoms with Crippen LogP contribution in [0.15, 0.2) is 72.4 Å². The van der Waals surface area contributed by atoms with Crippen LogP contribution in [0, 0.1) is 11.3 Å². The van der Waals surface area contributed by atoms with Gasteiger partial charge in [-0.25, -0.2) is 4.98 Å². The highest BCUT2D eigenvalue weighted by molar-refractivity contribution is 7.03. The van der Waals surface area contributed by atoms with E-state index in [9.17, 15) is 19.6 Å². The topological polar surface area (TPSA) is 177 Å². The monoisotopic (exact) mass is 624 g/mol. The van der Waals surface area contributed by atoms with Crippen molar-refractivity contribution >= 4 is 34.9 Å². The number of hydrogen-bond acceptors (Lipinski definition) is 9. The Kier molecular flexibility index (Phi) is 10.2. The Labute approximate surface area is 264 Å². The van der Waals surface area contributed by atoms with Crippen LogP contribution in [0.5, 0.6) is 5.75 Å². The van der Waals surface area contributed by atoms with Gasteiger partial charge < -0.3 is 25.5 Å². The van der Waals surface area contributed by atoms with E-state index in [1.807, 2.05) is 44.3 Å². The summed E-state index contributed by atoms with van der Waals surface area (Å²) < 4.78 is 11.1. The highest BCUT2D eigenvalue weighted by Gasteiger charge is 2.19. The molecule has 0 bridgehead atoms.